The molecule has 0 aromatic carbocycles. The van der Waals surface area contributed by atoms with Gasteiger partial charge in [0.05, 0.1) is 24.7 Å². The summed E-state index contributed by atoms with van der Waals surface area (Å²) in [6, 6.07) is 0. The fraction of sp³-hybridized carbons (Fsp3) is 0.952. The summed E-state index contributed by atoms with van der Waals surface area (Å²) in [5.41, 5.74) is -0.442. The van der Waals surface area contributed by atoms with Crippen molar-refractivity contribution in [3.8, 4) is 0 Å². The van der Waals surface area contributed by atoms with Gasteiger partial charge in [0, 0.05) is 23.7 Å². The third kappa shape index (κ3) is 3.30. The maximum absolute atomic E-state index is 12.2. The van der Waals surface area contributed by atoms with E-state index in [-0.39, 0.29) is 35.7 Å². The molecule has 0 unspecified atom stereocenters. The molecule has 2 aliphatic carbocycles. The lowest BCUT2D eigenvalue weighted by Gasteiger charge is -2.57. The molecule has 0 amide bonds. The second-order valence-corrected chi connectivity index (χ2v) is 9.91. The average Bonchev–Trinajstić information content (AvgIpc) is 2.99. The van der Waals surface area contributed by atoms with Crippen LogP contribution in [-0.2, 0) is 19.0 Å². The first-order chi connectivity index (χ1) is 14.1. The summed E-state index contributed by atoms with van der Waals surface area (Å²) in [5, 5.41) is 50.7. The molecule has 0 spiro atoms. The molecule has 4 aliphatic rings. The van der Waals surface area contributed by atoms with Gasteiger partial charge in [0.15, 0.2) is 6.29 Å². The minimum atomic E-state index is -1.52. The molecule has 0 radical (unpaired) electrons. The zero-order chi connectivity index (χ0) is 22.0. The van der Waals surface area contributed by atoms with Crippen molar-refractivity contribution in [2.75, 3.05) is 6.61 Å². The molecule has 9 nitrogen and oxygen atoms in total. The predicted molar refractivity (Wildman–Crippen MR) is 102 cm³/mol. The maximum atomic E-state index is 12.2. The minimum Gasteiger partial charge on any atom is -0.462 e. The highest BCUT2D eigenvalue weighted by atomic mass is 16.7. The van der Waals surface area contributed by atoms with Crippen LogP contribution in [0.15, 0.2) is 0 Å². The summed E-state index contributed by atoms with van der Waals surface area (Å²) in [6.45, 7) is 5.38. The lowest BCUT2D eigenvalue weighted by Crippen LogP contribution is -2.63. The predicted octanol–water partition coefficient (Wildman–Crippen LogP) is -0.834. The van der Waals surface area contributed by atoms with Gasteiger partial charge in [-0.2, -0.15) is 0 Å². The third-order valence-corrected chi connectivity index (χ3v) is 8.33. The van der Waals surface area contributed by atoms with Gasteiger partial charge in [-0.3, -0.25) is 4.79 Å². The minimum absolute atomic E-state index is 0.101. The van der Waals surface area contributed by atoms with Gasteiger partial charge in [-0.05, 0) is 18.8 Å². The largest absolute Gasteiger partial charge is 0.462 e. The van der Waals surface area contributed by atoms with Crippen LogP contribution in [0.1, 0.15) is 40.0 Å². The van der Waals surface area contributed by atoms with E-state index in [1.54, 1.807) is 0 Å². The molecular weight excluding hydrogens is 396 g/mol. The smallest absolute Gasteiger partial charge is 0.309 e. The van der Waals surface area contributed by atoms with E-state index >= 15 is 0 Å². The van der Waals surface area contributed by atoms with Crippen molar-refractivity contribution in [2.24, 2.45) is 29.1 Å². The van der Waals surface area contributed by atoms with Gasteiger partial charge in [-0.1, -0.05) is 20.8 Å². The molecule has 30 heavy (non-hydrogen) atoms. The zero-order valence-corrected chi connectivity index (χ0v) is 17.6. The summed E-state index contributed by atoms with van der Waals surface area (Å²) in [7, 11) is 0. The molecule has 2 saturated heterocycles. The first kappa shape index (κ1) is 22.4. The molecule has 2 saturated carbocycles. The highest BCUT2D eigenvalue weighted by Gasteiger charge is 2.62. The number of carbonyl (C=O) groups is 1. The number of ether oxygens (including phenoxy) is 3. The van der Waals surface area contributed by atoms with Crippen LogP contribution < -0.4 is 0 Å². The normalized spacial score (nSPS) is 56.2. The molecule has 4 rings (SSSR count). The van der Waals surface area contributed by atoms with Crippen LogP contribution in [0.5, 0.6) is 0 Å². The van der Waals surface area contributed by atoms with E-state index in [2.05, 4.69) is 6.92 Å². The standard InChI is InChI=1S/C21H34O9/c1-8-10-4-5-21(3)13(6-11(23)9(2)14(21)18(10)30-19(8)27)29-20-17(26)16(25)15(24)12(7-22)28-20/h8-18,20,22-26H,4-7H2,1-3H3/t8-,9-,10-,11-,12+,13+,14+,15+,16-,17+,18-,20-,21-/m0/s1. The third-order valence-electron chi connectivity index (χ3n) is 8.33. The molecule has 13 atom stereocenters. The van der Waals surface area contributed by atoms with Gasteiger partial charge in [0.2, 0.25) is 0 Å². The maximum Gasteiger partial charge on any atom is 0.309 e. The Labute approximate surface area is 175 Å². The fourth-order valence-corrected chi connectivity index (χ4v) is 6.33. The van der Waals surface area contributed by atoms with Crippen LogP contribution in [0.2, 0.25) is 0 Å². The van der Waals surface area contributed by atoms with Gasteiger partial charge in [-0.25, -0.2) is 0 Å². The Morgan fingerprint density at radius 3 is 2.50 bits per heavy atom. The summed E-state index contributed by atoms with van der Waals surface area (Å²) in [5.74, 6) is -0.487. The van der Waals surface area contributed by atoms with Gasteiger partial charge >= 0.3 is 5.97 Å². The second-order valence-electron chi connectivity index (χ2n) is 9.91. The summed E-state index contributed by atoms with van der Waals surface area (Å²) in [4.78, 5) is 12.2. The van der Waals surface area contributed by atoms with E-state index in [1.165, 1.54) is 0 Å². The summed E-state index contributed by atoms with van der Waals surface area (Å²) in [6.07, 6.45) is -6.44. The topological polar surface area (TPSA) is 146 Å². The molecule has 0 aromatic heterocycles. The van der Waals surface area contributed by atoms with E-state index in [0.717, 1.165) is 12.8 Å². The number of hydrogen-bond acceptors (Lipinski definition) is 9. The Hall–Kier alpha value is -0.810. The first-order valence-electron chi connectivity index (χ1n) is 10.9. The van der Waals surface area contributed by atoms with Crippen molar-refractivity contribution in [1.29, 1.82) is 0 Å². The van der Waals surface area contributed by atoms with Crippen LogP contribution in [-0.4, -0.2) is 87.1 Å². The number of aliphatic hydroxyl groups excluding tert-OH is 5. The van der Waals surface area contributed by atoms with E-state index in [9.17, 15) is 30.3 Å². The lowest BCUT2D eigenvalue weighted by atomic mass is 9.51. The van der Waals surface area contributed by atoms with Crippen molar-refractivity contribution in [3.63, 3.8) is 0 Å². The fourth-order valence-electron chi connectivity index (χ4n) is 6.33. The van der Waals surface area contributed by atoms with Gasteiger partial charge < -0.3 is 39.7 Å². The number of aliphatic hydroxyl groups is 5. The van der Waals surface area contributed by atoms with Gasteiger partial charge in [0.25, 0.3) is 0 Å². The molecule has 9 heteroatoms. The first-order valence-corrected chi connectivity index (χ1v) is 10.9. The Morgan fingerprint density at radius 2 is 1.83 bits per heavy atom. The van der Waals surface area contributed by atoms with E-state index in [0.29, 0.717) is 6.42 Å². The van der Waals surface area contributed by atoms with Crippen LogP contribution >= 0.6 is 0 Å². The number of esters is 1. The van der Waals surface area contributed by atoms with Crippen LogP contribution in [0.25, 0.3) is 0 Å². The van der Waals surface area contributed by atoms with Crippen LogP contribution in [0, 0.1) is 29.1 Å². The van der Waals surface area contributed by atoms with E-state index < -0.39 is 54.9 Å². The second kappa shape index (κ2) is 7.95. The zero-order valence-electron chi connectivity index (χ0n) is 17.6. The van der Waals surface area contributed by atoms with Crippen molar-refractivity contribution in [3.05, 3.63) is 0 Å². The summed E-state index contributed by atoms with van der Waals surface area (Å²) < 4.78 is 17.4. The SMILES string of the molecule is C[C@@H]1[C@@H]2[C@H]3OC(=O)[C@@H](C)[C@@H]3CC[C@@]2(C)[C@H](O[C@@H]2O[C@H](CO)[C@@H](O)[C@H](O)[C@H]2O)C[C@@H]1O. The molecule has 4 fully saturated rings. The number of carbonyl (C=O) groups excluding carboxylic acids is 1. The summed E-state index contributed by atoms with van der Waals surface area (Å²) >= 11 is 0. The monoisotopic (exact) mass is 430 g/mol. The Morgan fingerprint density at radius 1 is 1.13 bits per heavy atom. The van der Waals surface area contributed by atoms with Gasteiger partial charge in [-0.15, -0.1) is 0 Å². The molecule has 2 aliphatic heterocycles. The van der Waals surface area contributed by atoms with Crippen molar-refractivity contribution in [2.45, 2.75) is 89.1 Å². The highest BCUT2D eigenvalue weighted by Crippen LogP contribution is 2.58. The Kier molecular flexibility index (Phi) is 5.93. The molecule has 2 heterocycles. The number of hydrogen-bond donors (Lipinski definition) is 5. The highest BCUT2D eigenvalue weighted by molar-refractivity contribution is 5.75. The van der Waals surface area contributed by atoms with Crippen molar-refractivity contribution in [1.82, 2.24) is 0 Å². The molecule has 0 aromatic rings. The van der Waals surface area contributed by atoms with Gasteiger partial charge in [0.1, 0.15) is 30.5 Å². The van der Waals surface area contributed by atoms with Crippen molar-refractivity contribution < 1.29 is 44.5 Å². The van der Waals surface area contributed by atoms with Crippen LogP contribution in [0.4, 0.5) is 0 Å². The molecule has 172 valence electrons. The lowest BCUT2D eigenvalue weighted by molar-refractivity contribution is -0.332. The average molecular weight is 430 g/mol. The molecular formula is C21H34O9. The van der Waals surface area contributed by atoms with Crippen molar-refractivity contribution >= 4 is 5.97 Å². The Bertz CT molecular complexity index is 656. The quantitative estimate of drug-likeness (QED) is 0.362. The van der Waals surface area contributed by atoms with E-state index in [4.69, 9.17) is 14.2 Å². The Balaban J connectivity index is 1.59. The van der Waals surface area contributed by atoms with E-state index in [1.807, 2.05) is 13.8 Å². The number of rotatable bonds is 3. The van der Waals surface area contributed by atoms with Crippen LogP contribution in [0.3, 0.4) is 0 Å². The number of fused-ring (bicyclic) bond motifs is 3. The molecule has 5 N–H and O–H groups in total. The molecule has 0 bridgehead atoms.